The van der Waals surface area contributed by atoms with E-state index >= 15 is 0 Å². The maximum absolute atomic E-state index is 10.1. The molecule has 0 saturated heterocycles. The number of aromatic nitrogens is 1. The third kappa shape index (κ3) is 2.15. The molecule has 1 aliphatic carbocycles. The largest absolute Gasteiger partial charge is 0.386 e. The molecule has 1 saturated carbocycles. The Kier molecular flexibility index (Phi) is 3.19. The van der Waals surface area contributed by atoms with Crippen LogP contribution in [0.15, 0.2) is 11.6 Å². The quantitative estimate of drug-likeness (QED) is 0.815. The van der Waals surface area contributed by atoms with Crippen LogP contribution in [-0.4, -0.2) is 10.1 Å². The third-order valence-corrected chi connectivity index (χ3v) is 4.06. The van der Waals surface area contributed by atoms with Crippen molar-refractivity contribution in [3.05, 3.63) is 16.6 Å². The minimum Gasteiger partial charge on any atom is -0.386 e. The number of hydrogen-bond acceptors (Lipinski definition) is 3. The lowest BCUT2D eigenvalue weighted by Gasteiger charge is -2.28. The highest BCUT2D eigenvalue weighted by Gasteiger charge is 2.26. The highest BCUT2D eigenvalue weighted by atomic mass is 32.1. The van der Waals surface area contributed by atoms with E-state index < -0.39 is 0 Å². The zero-order chi connectivity index (χ0) is 9.97. The lowest BCUT2D eigenvalue weighted by atomic mass is 9.80. The third-order valence-electron chi connectivity index (χ3n) is 3.21. The zero-order valence-electron chi connectivity index (χ0n) is 8.52. The lowest BCUT2D eigenvalue weighted by molar-refractivity contribution is 0.0753. The van der Waals surface area contributed by atoms with Gasteiger partial charge in [-0.1, -0.05) is 19.8 Å². The fourth-order valence-electron chi connectivity index (χ4n) is 2.18. The molecule has 1 unspecified atom stereocenters. The van der Waals surface area contributed by atoms with E-state index in [2.05, 4.69) is 11.9 Å². The Labute approximate surface area is 89.0 Å². The molecule has 1 atom stereocenters. The van der Waals surface area contributed by atoms with Crippen LogP contribution in [0.3, 0.4) is 0 Å². The fourth-order valence-corrected chi connectivity index (χ4v) is 2.90. The Morgan fingerprint density at radius 1 is 1.43 bits per heavy atom. The van der Waals surface area contributed by atoms with Crippen LogP contribution < -0.4 is 0 Å². The number of aliphatic hydroxyl groups excluding tert-OH is 1. The highest BCUT2D eigenvalue weighted by molar-refractivity contribution is 7.09. The Balaban J connectivity index is 1.95. The first-order valence-electron chi connectivity index (χ1n) is 5.35. The average molecular weight is 211 g/mol. The van der Waals surface area contributed by atoms with Gasteiger partial charge in [-0.25, -0.2) is 4.98 Å². The molecule has 3 heteroatoms. The fraction of sp³-hybridized carbons (Fsp3) is 0.727. The van der Waals surface area contributed by atoms with Crippen LogP contribution in [-0.2, 0) is 0 Å². The molecule has 0 aromatic carbocycles. The Morgan fingerprint density at radius 2 is 2.14 bits per heavy atom. The second kappa shape index (κ2) is 4.41. The summed E-state index contributed by atoms with van der Waals surface area (Å²) in [6, 6.07) is 0. The van der Waals surface area contributed by atoms with Crippen LogP contribution in [0.4, 0.5) is 0 Å². The van der Waals surface area contributed by atoms with Crippen molar-refractivity contribution in [2.75, 3.05) is 0 Å². The average Bonchev–Trinajstić information content (AvgIpc) is 2.71. The number of nitrogens with zero attached hydrogens (tertiary/aromatic N) is 1. The molecule has 1 heterocycles. The van der Waals surface area contributed by atoms with Crippen molar-refractivity contribution in [2.24, 2.45) is 11.8 Å². The predicted molar refractivity (Wildman–Crippen MR) is 58.2 cm³/mol. The van der Waals surface area contributed by atoms with E-state index in [9.17, 15) is 5.11 Å². The topological polar surface area (TPSA) is 33.1 Å². The minimum absolute atomic E-state index is 0.317. The summed E-state index contributed by atoms with van der Waals surface area (Å²) in [5.74, 6) is 1.28. The molecule has 2 nitrogen and oxygen atoms in total. The molecule has 1 aromatic rings. The van der Waals surface area contributed by atoms with E-state index in [0.717, 1.165) is 23.8 Å². The van der Waals surface area contributed by atoms with E-state index in [1.807, 2.05) is 5.38 Å². The van der Waals surface area contributed by atoms with Crippen molar-refractivity contribution in [1.82, 2.24) is 4.98 Å². The van der Waals surface area contributed by atoms with Crippen LogP contribution in [0.25, 0.3) is 0 Å². The standard InChI is InChI=1S/C11H17NOS/c1-8-2-4-9(5-3-8)10(13)11-12-6-7-14-11/h6-10,13H,2-5H2,1H3. The first-order chi connectivity index (χ1) is 6.77. The summed E-state index contributed by atoms with van der Waals surface area (Å²) in [4.78, 5) is 4.18. The molecule has 2 rings (SSSR count). The molecule has 0 amide bonds. The van der Waals surface area contributed by atoms with E-state index in [4.69, 9.17) is 0 Å². The monoisotopic (exact) mass is 211 g/mol. The first kappa shape index (κ1) is 10.1. The number of rotatable bonds is 2. The Hall–Kier alpha value is -0.410. The summed E-state index contributed by atoms with van der Waals surface area (Å²) in [6.07, 6.45) is 6.28. The van der Waals surface area contributed by atoms with Gasteiger partial charge in [0.15, 0.2) is 0 Å². The van der Waals surface area contributed by atoms with Crippen molar-refractivity contribution in [3.8, 4) is 0 Å². The molecule has 0 aliphatic heterocycles. The SMILES string of the molecule is CC1CCC(C(O)c2nccs2)CC1. The first-order valence-corrected chi connectivity index (χ1v) is 6.23. The number of aliphatic hydroxyl groups is 1. The van der Waals surface area contributed by atoms with Crippen molar-refractivity contribution < 1.29 is 5.11 Å². The van der Waals surface area contributed by atoms with Gasteiger partial charge in [-0.15, -0.1) is 11.3 Å². The minimum atomic E-state index is -0.317. The van der Waals surface area contributed by atoms with Gasteiger partial charge >= 0.3 is 0 Å². The van der Waals surface area contributed by atoms with Gasteiger partial charge in [0.1, 0.15) is 11.1 Å². The molecule has 0 spiro atoms. The van der Waals surface area contributed by atoms with Gasteiger partial charge in [0.05, 0.1) is 0 Å². The van der Waals surface area contributed by atoms with Gasteiger partial charge in [0.25, 0.3) is 0 Å². The van der Waals surface area contributed by atoms with Gasteiger partial charge in [-0.2, -0.15) is 0 Å². The summed E-state index contributed by atoms with van der Waals surface area (Å²) in [6.45, 7) is 2.30. The summed E-state index contributed by atoms with van der Waals surface area (Å²) >= 11 is 1.56. The van der Waals surface area contributed by atoms with E-state index in [-0.39, 0.29) is 6.10 Å². The summed E-state index contributed by atoms with van der Waals surface area (Å²) in [7, 11) is 0. The van der Waals surface area contributed by atoms with Crippen LogP contribution in [0.1, 0.15) is 43.7 Å². The molecular weight excluding hydrogens is 194 g/mol. The molecule has 1 aromatic heterocycles. The summed E-state index contributed by atoms with van der Waals surface area (Å²) in [5.41, 5.74) is 0. The highest BCUT2D eigenvalue weighted by Crippen LogP contribution is 2.36. The van der Waals surface area contributed by atoms with Crippen molar-refractivity contribution in [1.29, 1.82) is 0 Å². The van der Waals surface area contributed by atoms with Gasteiger partial charge in [0.2, 0.25) is 0 Å². The van der Waals surface area contributed by atoms with Crippen LogP contribution in [0, 0.1) is 11.8 Å². The molecule has 0 radical (unpaired) electrons. The molecule has 1 aliphatic rings. The zero-order valence-corrected chi connectivity index (χ0v) is 9.33. The molecule has 1 N–H and O–H groups in total. The predicted octanol–water partition coefficient (Wildman–Crippen LogP) is 3.00. The van der Waals surface area contributed by atoms with Gasteiger partial charge in [-0.3, -0.25) is 0 Å². The number of hydrogen-bond donors (Lipinski definition) is 1. The van der Waals surface area contributed by atoms with Crippen LogP contribution in [0.5, 0.6) is 0 Å². The molecule has 78 valence electrons. The Morgan fingerprint density at radius 3 is 2.71 bits per heavy atom. The maximum atomic E-state index is 10.1. The van der Waals surface area contributed by atoms with E-state index in [0.29, 0.717) is 5.92 Å². The molecule has 1 fully saturated rings. The second-order valence-corrected chi connectivity index (χ2v) is 5.26. The van der Waals surface area contributed by atoms with Gasteiger partial charge in [-0.05, 0) is 24.7 Å². The molecule has 0 bridgehead atoms. The van der Waals surface area contributed by atoms with Crippen molar-refractivity contribution in [2.45, 2.75) is 38.7 Å². The van der Waals surface area contributed by atoms with Crippen LogP contribution in [0.2, 0.25) is 0 Å². The van der Waals surface area contributed by atoms with Gasteiger partial charge in [0, 0.05) is 11.6 Å². The van der Waals surface area contributed by atoms with Crippen molar-refractivity contribution >= 4 is 11.3 Å². The lowest BCUT2D eigenvalue weighted by Crippen LogP contribution is -2.19. The van der Waals surface area contributed by atoms with Gasteiger partial charge < -0.3 is 5.11 Å². The summed E-state index contributed by atoms with van der Waals surface area (Å²) in [5, 5.41) is 12.9. The smallest absolute Gasteiger partial charge is 0.121 e. The number of thiazole rings is 1. The molecule has 14 heavy (non-hydrogen) atoms. The van der Waals surface area contributed by atoms with E-state index in [1.54, 1.807) is 17.5 Å². The maximum Gasteiger partial charge on any atom is 0.121 e. The molecular formula is C11H17NOS. The second-order valence-electron chi connectivity index (χ2n) is 4.34. The van der Waals surface area contributed by atoms with Crippen molar-refractivity contribution in [3.63, 3.8) is 0 Å². The van der Waals surface area contributed by atoms with Crippen LogP contribution >= 0.6 is 11.3 Å². The normalized spacial score (nSPS) is 30.1. The Bertz CT molecular complexity index is 265. The van der Waals surface area contributed by atoms with E-state index in [1.165, 1.54) is 12.8 Å². The summed E-state index contributed by atoms with van der Waals surface area (Å²) < 4.78 is 0.